The smallest absolute Gasteiger partial charge is 0.220 e. The van der Waals surface area contributed by atoms with E-state index in [0.29, 0.717) is 5.92 Å². The van der Waals surface area contributed by atoms with Crippen LogP contribution in [0.5, 0.6) is 0 Å². The standard InChI is InChI=1S/C20H23N2/c1-13(2)16-6-7-19-17(11-16)10-15(4)22(5)20(19)18-8-9-21-12-14(18)3/h6-13H,1-5H3/q+1. The van der Waals surface area contributed by atoms with Gasteiger partial charge in [0.15, 0.2) is 5.69 Å². The highest BCUT2D eigenvalue weighted by Crippen LogP contribution is 2.30. The highest BCUT2D eigenvalue weighted by molar-refractivity contribution is 5.94. The van der Waals surface area contributed by atoms with E-state index in [9.17, 15) is 0 Å². The van der Waals surface area contributed by atoms with Crippen LogP contribution in [0.15, 0.2) is 42.7 Å². The van der Waals surface area contributed by atoms with Gasteiger partial charge in [0.25, 0.3) is 0 Å². The van der Waals surface area contributed by atoms with E-state index in [4.69, 9.17) is 0 Å². The molecule has 22 heavy (non-hydrogen) atoms. The van der Waals surface area contributed by atoms with Gasteiger partial charge in [0.1, 0.15) is 7.05 Å². The predicted octanol–water partition coefficient (Wildman–Crippen LogP) is 4.47. The molecule has 0 aliphatic rings. The summed E-state index contributed by atoms with van der Waals surface area (Å²) in [7, 11) is 2.14. The van der Waals surface area contributed by atoms with Crippen LogP contribution >= 0.6 is 0 Å². The molecule has 2 nitrogen and oxygen atoms in total. The summed E-state index contributed by atoms with van der Waals surface area (Å²) in [6, 6.07) is 11.2. The average molecular weight is 291 g/mol. The van der Waals surface area contributed by atoms with Crippen LogP contribution in [0.1, 0.15) is 36.6 Å². The van der Waals surface area contributed by atoms with Gasteiger partial charge < -0.3 is 0 Å². The van der Waals surface area contributed by atoms with Gasteiger partial charge in [-0.15, -0.1) is 0 Å². The summed E-state index contributed by atoms with van der Waals surface area (Å²) in [4.78, 5) is 4.23. The van der Waals surface area contributed by atoms with Crippen LogP contribution in [-0.2, 0) is 7.05 Å². The normalized spacial score (nSPS) is 11.4. The lowest BCUT2D eigenvalue weighted by Crippen LogP contribution is -2.35. The van der Waals surface area contributed by atoms with Crippen molar-refractivity contribution < 1.29 is 4.57 Å². The van der Waals surface area contributed by atoms with Crippen LogP contribution in [0, 0.1) is 13.8 Å². The minimum Gasteiger partial charge on any atom is -0.264 e. The fraction of sp³-hybridized carbons (Fsp3) is 0.300. The lowest BCUT2D eigenvalue weighted by Gasteiger charge is -2.12. The number of nitrogens with zero attached hydrogens (tertiary/aromatic N) is 2. The number of fused-ring (bicyclic) bond motifs is 1. The molecule has 1 aromatic carbocycles. The first kappa shape index (κ1) is 14.7. The van der Waals surface area contributed by atoms with Crippen molar-refractivity contribution in [1.29, 1.82) is 0 Å². The Labute approximate surface area is 132 Å². The SMILES string of the molecule is Cc1cnccc1-c1c2ccc(C(C)C)cc2cc(C)[n+]1C. The zero-order valence-corrected chi connectivity index (χ0v) is 14.0. The maximum absolute atomic E-state index is 4.23. The molecule has 0 unspecified atom stereocenters. The number of benzene rings is 1. The number of pyridine rings is 2. The summed E-state index contributed by atoms with van der Waals surface area (Å²) in [5.74, 6) is 0.546. The van der Waals surface area contributed by atoms with E-state index in [1.165, 1.54) is 38.9 Å². The van der Waals surface area contributed by atoms with Crippen LogP contribution in [0.2, 0.25) is 0 Å². The quantitative estimate of drug-likeness (QED) is 0.637. The maximum Gasteiger partial charge on any atom is 0.220 e. The topological polar surface area (TPSA) is 16.8 Å². The number of aryl methyl sites for hydroxylation is 2. The molecule has 0 fully saturated rings. The Bertz CT molecular complexity index is 848. The lowest BCUT2D eigenvalue weighted by atomic mass is 9.95. The van der Waals surface area contributed by atoms with Crippen molar-refractivity contribution in [2.75, 3.05) is 0 Å². The van der Waals surface area contributed by atoms with E-state index in [2.05, 4.69) is 74.6 Å². The van der Waals surface area contributed by atoms with Gasteiger partial charge in [0, 0.05) is 25.4 Å². The summed E-state index contributed by atoms with van der Waals surface area (Å²) in [5.41, 5.74) is 6.38. The molecule has 0 saturated carbocycles. The summed E-state index contributed by atoms with van der Waals surface area (Å²) >= 11 is 0. The van der Waals surface area contributed by atoms with Crippen molar-refractivity contribution in [3.05, 3.63) is 59.5 Å². The lowest BCUT2D eigenvalue weighted by molar-refractivity contribution is -0.665. The Morgan fingerprint density at radius 1 is 1.05 bits per heavy atom. The Hall–Kier alpha value is -2.22. The molecular weight excluding hydrogens is 268 g/mol. The Balaban J connectivity index is 2.38. The third-order valence-corrected chi connectivity index (χ3v) is 4.50. The highest BCUT2D eigenvalue weighted by atomic mass is 14.9. The van der Waals surface area contributed by atoms with Gasteiger partial charge in [-0.25, -0.2) is 0 Å². The van der Waals surface area contributed by atoms with Gasteiger partial charge in [0.2, 0.25) is 5.69 Å². The molecule has 112 valence electrons. The van der Waals surface area contributed by atoms with Crippen LogP contribution in [-0.4, -0.2) is 4.98 Å². The maximum atomic E-state index is 4.23. The molecule has 2 heteroatoms. The van der Waals surface area contributed by atoms with Crippen LogP contribution in [0.3, 0.4) is 0 Å². The second-order valence-electron chi connectivity index (χ2n) is 6.39. The van der Waals surface area contributed by atoms with Crippen molar-refractivity contribution in [3.8, 4) is 11.3 Å². The number of rotatable bonds is 2. The zero-order valence-electron chi connectivity index (χ0n) is 14.0. The summed E-state index contributed by atoms with van der Waals surface area (Å²) in [5, 5.41) is 2.61. The van der Waals surface area contributed by atoms with Crippen molar-refractivity contribution in [1.82, 2.24) is 4.98 Å². The number of aromatic nitrogens is 2. The second-order valence-corrected chi connectivity index (χ2v) is 6.39. The molecule has 3 aromatic rings. The van der Waals surface area contributed by atoms with Gasteiger partial charge in [-0.05, 0) is 41.5 Å². The van der Waals surface area contributed by atoms with Crippen molar-refractivity contribution in [3.63, 3.8) is 0 Å². The van der Waals surface area contributed by atoms with E-state index in [-0.39, 0.29) is 0 Å². The van der Waals surface area contributed by atoms with Crippen LogP contribution < -0.4 is 4.57 Å². The van der Waals surface area contributed by atoms with Crippen molar-refractivity contribution in [2.45, 2.75) is 33.6 Å². The molecule has 0 amide bonds. The summed E-state index contributed by atoms with van der Waals surface area (Å²) in [6.45, 7) is 8.77. The molecular formula is C20H23N2+. The van der Waals surface area contributed by atoms with E-state index < -0.39 is 0 Å². The molecule has 0 saturated heterocycles. The Morgan fingerprint density at radius 3 is 2.50 bits per heavy atom. The van der Waals surface area contributed by atoms with Gasteiger partial charge >= 0.3 is 0 Å². The Morgan fingerprint density at radius 2 is 1.82 bits per heavy atom. The fourth-order valence-corrected chi connectivity index (χ4v) is 3.02. The largest absolute Gasteiger partial charge is 0.264 e. The van der Waals surface area contributed by atoms with Gasteiger partial charge in [-0.1, -0.05) is 26.0 Å². The van der Waals surface area contributed by atoms with E-state index in [1.807, 2.05) is 12.4 Å². The van der Waals surface area contributed by atoms with Crippen LogP contribution in [0.4, 0.5) is 0 Å². The van der Waals surface area contributed by atoms with Gasteiger partial charge in [-0.2, -0.15) is 4.57 Å². The number of hydrogen-bond acceptors (Lipinski definition) is 1. The fourth-order valence-electron chi connectivity index (χ4n) is 3.02. The second kappa shape index (κ2) is 5.53. The molecule has 0 radical (unpaired) electrons. The van der Waals surface area contributed by atoms with Crippen LogP contribution in [0.25, 0.3) is 22.0 Å². The van der Waals surface area contributed by atoms with E-state index in [0.717, 1.165) is 0 Å². The first-order valence-corrected chi connectivity index (χ1v) is 7.83. The molecule has 0 N–H and O–H groups in total. The molecule has 0 bridgehead atoms. The van der Waals surface area contributed by atoms with Gasteiger partial charge in [0.05, 0.1) is 10.9 Å². The van der Waals surface area contributed by atoms with Crippen molar-refractivity contribution in [2.24, 2.45) is 7.05 Å². The first-order valence-electron chi connectivity index (χ1n) is 7.83. The summed E-state index contributed by atoms with van der Waals surface area (Å²) in [6.07, 6.45) is 3.81. The van der Waals surface area contributed by atoms with E-state index in [1.54, 1.807) is 0 Å². The molecule has 0 spiro atoms. The third-order valence-electron chi connectivity index (χ3n) is 4.50. The molecule has 0 aliphatic heterocycles. The Kier molecular flexibility index (Phi) is 3.69. The molecule has 2 aromatic heterocycles. The third kappa shape index (κ3) is 2.39. The molecule has 0 atom stereocenters. The monoisotopic (exact) mass is 291 g/mol. The molecule has 2 heterocycles. The molecule has 0 aliphatic carbocycles. The predicted molar refractivity (Wildman–Crippen MR) is 91.9 cm³/mol. The highest BCUT2D eigenvalue weighted by Gasteiger charge is 2.19. The summed E-state index contributed by atoms with van der Waals surface area (Å²) < 4.78 is 2.28. The minimum absolute atomic E-state index is 0.546. The van der Waals surface area contributed by atoms with E-state index >= 15 is 0 Å². The minimum atomic E-state index is 0.546. The molecule has 3 rings (SSSR count). The number of hydrogen-bond donors (Lipinski definition) is 0. The van der Waals surface area contributed by atoms with Crippen molar-refractivity contribution >= 4 is 10.8 Å². The zero-order chi connectivity index (χ0) is 15.9. The average Bonchev–Trinajstić information content (AvgIpc) is 2.49. The van der Waals surface area contributed by atoms with Gasteiger partial charge in [-0.3, -0.25) is 4.98 Å². The first-order chi connectivity index (χ1) is 10.5.